The molecule has 0 spiro atoms. The summed E-state index contributed by atoms with van der Waals surface area (Å²) in [4.78, 5) is 17.9. The number of hydrogen-bond acceptors (Lipinski definition) is 5. The lowest BCUT2D eigenvalue weighted by molar-refractivity contribution is -0.141. The van der Waals surface area contributed by atoms with Crippen LogP contribution in [0.2, 0.25) is 0 Å². The standard InChI is InChI=1S/C32H31F3N4O2/c1-41-26-14-12-25(13-15-26)39-30-28(31(36-39)32(33,34)35)16-19-38(21-29(30)40)24-10-8-22(9-11-24)27-7-3-2-6-23(27)20-37-17-4-5-18-37/h2-3,6-15H,4-5,16-21H2,1H3. The van der Waals surface area contributed by atoms with Crippen LogP contribution in [0.3, 0.4) is 0 Å². The van der Waals surface area contributed by atoms with E-state index in [0.29, 0.717) is 11.4 Å². The molecule has 3 heterocycles. The molecule has 3 aromatic carbocycles. The monoisotopic (exact) mass is 560 g/mol. The van der Waals surface area contributed by atoms with Crippen LogP contribution in [0.25, 0.3) is 16.8 Å². The van der Waals surface area contributed by atoms with E-state index in [2.05, 4.69) is 28.2 Å². The maximum atomic E-state index is 14.0. The van der Waals surface area contributed by atoms with Gasteiger partial charge in [0.05, 0.1) is 19.3 Å². The normalized spacial score (nSPS) is 16.1. The van der Waals surface area contributed by atoms with Crippen LogP contribution in [-0.2, 0) is 19.1 Å². The van der Waals surface area contributed by atoms with E-state index in [1.165, 1.54) is 31.1 Å². The number of aromatic nitrogens is 2. The molecule has 9 heteroatoms. The van der Waals surface area contributed by atoms with Crippen LogP contribution in [0.4, 0.5) is 18.9 Å². The van der Waals surface area contributed by atoms with E-state index >= 15 is 0 Å². The number of ketones is 1. The van der Waals surface area contributed by atoms with Crippen LogP contribution < -0.4 is 9.64 Å². The molecule has 1 aromatic heterocycles. The van der Waals surface area contributed by atoms with Crippen LogP contribution in [0.1, 0.15) is 40.2 Å². The van der Waals surface area contributed by atoms with Crippen molar-refractivity contribution in [2.24, 2.45) is 0 Å². The lowest BCUT2D eigenvalue weighted by atomic mass is 9.99. The molecule has 0 bridgehead atoms. The zero-order valence-electron chi connectivity index (χ0n) is 22.8. The summed E-state index contributed by atoms with van der Waals surface area (Å²) in [6, 6.07) is 22.8. The Kier molecular flexibility index (Phi) is 7.30. The Morgan fingerprint density at radius 1 is 0.878 bits per heavy atom. The van der Waals surface area contributed by atoms with Gasteiger partial charge in [0.2, 0.25) is 5.78 Å². The first-order chi connectivity index (χ1) is 19.8. The maximum absolute atomic E-state index is 14.0. The lowest BCUT2D eigenvalue weighted by Crippen LogP contribution is -2.30. The quantitative estimate of drug-likeness (QED) is 0.273. The molecule has 0 N–H and O–H groups in total. The third kappa shape index (κ3) is 5.46. The number of benzene rings is 3. The zero-order chi connectivity index (χ0) is 28.6. The van der Waals surface area contributed by atoms with Gasteiger partial charge in [0.25, 0.3) is 0 Å². The SMILES string of the molecule is COc1ccc(-n2nc(C(F)(F)F)c3c2C(=O)CN(c2ccc(-c4ccccc4CN4CCCC4)cc2)CC3)cc1. The number of ether oxygens (including phenoxy) is 1. The van der Waals surface area contributed by atoms with E-state index in [4.69, 9.17) is 4.74 Å². The second-order valence-electron chi connectivity index (χ2n) is 10.6. The first-order valence-electron chi connectivity index (χ1n) is 13.8. The minimum atomic E-state index is -4.68. The third-order valence-electron chi connectivity index (χ3n) is 7.95. The second kappa shape index (κ2) is 11.0. The Morgan fingerprint density at radius 3 is 2.24 bits per heavy atom. The number of hydrogen-bond donors (Lipinski definition) is 0. The molecule has 0 atom stereocenters. The molecule has 0 amide bonds. The summed E-state index contributed by atoms with van der Waals surface area (Å²) in [5.41, 5.74) is 3.58. The average molecular weight is 561 g/mol. The van der Waals surface area contributed by atoms with Crippen molar-refractivity contribution in [1.82, 2.24) is 14.7 Å². The van der Waals surface area contributed by atoms with Crippen molar-refractivity contribution in [1.29, 1.82) is 0 Å². The van der Waals surface area contributed by atoms with Gasteiger partial charge in [0.1, 0.15) is 11.4 Å². The molecule has 212 valence electrons. The number of carbonyl (C=O) groups is 1. The fraction of sp³-hybridized carbons (Fsp3) is 0.312. The van der Waals surface area contributed by atoms with Gasteiger partial charge in [-0.05, 0) is 85.4 Å². The highest BCUT2D eigenvalue weighted by molar-refractivity contribution is 6.00. The van der Waals surface area contributed by atoms with Gasteiger partial charge in [-0.15, -0.1) is 0 Å². The first-order valence-corrected chi connectivity index (χ1v) is 13.8. The second-order valence-corrected chi connectivity index (χ2v) is 10.6. The first kappa shape index (κ1) is 27.1. The highest BCUT2D eigenvalue weighted by Crippen LogP contribution is 2.36. The molecule has 2 aliphatic heterocycles. The van der Waals surface area contributed by atoms with Crippen LogP contribution in [0, 0.1) is 0 Å². The van der Waals surface area contributed by atoms with Crippen LogP contribution in [0.15, 0.2) is 72.8 Å². The predicted molar refractivity (Wildman–Crippen MR) is 152 cm³/mol. The molecule has 2 aliphatic rings. The molecular formula is C32H31F3N4O2. The molecule has 1 saturated heterocycles. The Balaban J connectivity index is 1.28. The molecule has 0 aliphatic carbocycles. The minimum Gasteiger partial charge on any atom is -0.497 e. The Hall–Kier alpha value is -4.11. The van der Waals surface area contributed by atoms with Crippen LogP contribution in [-0.4, -0.2) is 53.8 Å². The summed E-state index contributed by atoms with van der Waals surface area (Å²) in [6.45, 7) is 3.36. The summed E-state index contributed by atoms with van der Waals surface area (Å²) in [5, 5.41) is 3.88. The number of methoxy groups -OCH3 is 1. The van der Waals surface area contributed by atoms with Crippen LogP contribution in [0.5, 0.6) is 5.75 Å². The number of likely N-dealkylation sites (tertiary alicyclic amines) is 1. The Morgan fingerprint density at radius 2 is 1.56 bits per heavy atom. The third-order valence-corrected chi connectivity index (χ3v) is 7.95. The molecule has 6 nitrogen and oxygen atoms in total. The summed E-state index contributed by atoms with van der Waals surface area (Å²) < 4.78 is 48.4. The fourth-order valence-electron chi connectivity index (χ4n) is 5.88. The van der Waals surface area contributed by atoms with Crippen molar-refractivity contribution in [2.45, 2.75) is 32.0 Å². The van der Waals surface area contributed by atoms with E-state index in [1.807, 2.05) is 35.2 Å². The number of nitrogens with zero attached hydrogens (tertiary/aromatic N) is 4. The van der Waals surface area contributed by atoms with Crippen molar-refractivity contribution < 1.29 is 22.7 Å². The van der Waals surface area contributed by atoms with Crippen molar-refractivity contribution >= 4 is 11.5 Å². The highest BCUT2D eigenvalue weighted by atomic mass is 19.4. The number of alkyl halides is 3. The van der Waals surface area contributed by atoms with E-state index < -0.39 is 17.7 Å². The Labute approximate surface area is 237 Å². The van der Waals surface area contributed by atoms with E-state index in [0.717, 1.165) is 35.6 Å². The summed E-state index contributed by atoms with van der Waals surface area (Å²) in [6.07, 6.45) is -2.16. The van der Waals surface area contributed by atoms with Gasteiger partial charge in [-0.1, -0.05) is 36.4 Å². The largest absolute Gasteiger partial charge is 0.497 e. The van der Waals surface area contributed by atoms with Gasteiger partial charge in [-0.2, -0.15) is 18.3 Å². The predicted octanol–water partition coefficient (Wildman–Crippen LogP) is 6.41. The van der Waals surface area contributed by atoms with Gasteiger partial charge in [0.15, 0.2) is 5.69 Å². The molecule has 4 aromatic rings. The topological polar surface area (TPSA) is 50.6 Å². The number of rotatable bonds is 6. The van der Waals surface area contributed by atoms with E-state index in [9.17, 15) is 18.0 Å². The number of carbonyl (C=O) groups excluding carboxylic acids is 1. The van der Waals surface area contributed by atoms with Gasteiger partial charge >= 0.3 is 6.18 Å². The van der Waals surface area contributed by atoms with Crippen molar-refractivity contribution in [3.63, 3.8) is 0 Å². The maximum Gasteiger partial charge on any atom is 0.435 e. The molecule has 0 radical (unpaired) electrons. The average Bonchev–Trinajstić information content (AvgIpc) is 3.60. The van der Waals surface area contributed by atoms with Gasteiger partial charge in [-0.25, -0.2) is 4.68 Å². The molecule has 1 fully saturated rings. The fourth-order valence-corrected chi connectivity index (χ4v) is 5.88. The minimum absolute atomic E-state index is 0.0162. The van der Waals surface area contributed by atoms with E-state index in [1.54, 1.807) is 24.3 Å². The molecule has 0 saturated carbocycles. The molecular weight excluding hydrogens is 529 g/mol. The lowest BCUT2D eigenvalue weighted by Gasteiger charge is -2.23. The van der Waals surface area contributed by atoms with Crippen LogP contribution >= 0.6 is 0 Å². The summed E-state index contributed by atoms with van der Waals surface area (Å²) in [7, 11) is 1.51. The van der Waals surface area contributed by atoms with Gasteiger partial charge in [-0.3, -0.25) is 9.69 Å². The van der Waals surface area contributed by atoms with Crippen molar-refractivity contribution in [2.75, 3.05) is 38.2 Å². The molecule has 0 unspecified atom stereocenters. The molecule has 41 heavy (non-hydrogen) atoms. The number of fused-ring (bicyclic) bond motifs is 1. The number of Topliss-reactive ketones (excluding diaryl/α,β-unsaturated/α-hetero) is 1. The molecule has 6 rings (SSSR count). The number of halogens is 3. The van der Waals surface area contributed by atoms with Gasteiger partial charge < -0.3 is 9.64 Å². The van der Waals surface area contributed by atoms with Crippen molar-refractivity contribution in [3.05, 3.63) is 95.3 Å². The summed E-state index contributed by atoms with van der Waals surface area (Å²) >= 11 is 0. The highest BCUT2D eigenvalue weighted by Gasteiger charge is 2.41. The van der Waals surface area contributed by atoms with Crippen molar-refractivity contribution in [3.8, 4) is 22.6 Å². The Bertz CT molecular complexity index is 1540. The smallest absolute Gasteiger partial charge is 0.435 e. The number of anilines is 1. The van der Waals surface area contributed by atoms with E-state index in [-0.39, 0.29) is 30.8 Å². The summed E-state index contributed by atoms with van der Waals surface area (Å²) in [5.74, 6) is 0.152. The van der Waals surface area contributed by atoms with Gasteiger partial charge in [0, 0.05) is 24.3 Å². The zero-order valence-corrected chi connectivity index (χ0v) is 22.8.